The third-order valence-corrected chi connectivity index (χ3v) is 3.12. The van der Waals surface area contributed by atoms with Crippen LogP contribution in [0.3, 0.4) is 0 Å². The first-order valence-electron chi connectivity index (χ1n) is 5.59. The lowest BCUT2D eigenvalue weighted by Crippen LogP contribution is -2.21. The monoisotopic (exact) mass is 294 g/mol. The highest BCUT2D eigenvalue weighted by Crippen LogP contribution is 2.17. The molecule has 0 radical (unpaired) electrons. The van der Waals surface area contributed by atoms with Crippen molar-refractivity contribution in [1.82, 2.24) is 20.5 Å². The minimum absolute atomic E-state index is 0.329. The molecule has 90 valence electrons. The Labute approximate surface area is 109 Å². The molecular weight excluding hydrogens is 280 g/mol. The van der Waals surface area contributed by atoms with Gasteiger partial charge in [0.15, 0.2) is 0 Å². The Balaban J connectivity index is 1.83. The molecule has 1 aromatic carbocycles. The van der Waals surface area contributed by atoms with E-state index in [-0.39, 0.29) is 0 Å². The minimum atomic E-state index is 0.329. The van der Waals surface area contributed by atoms with Gasteiger partial charge in [-0.3, -0.25) is 5.10 Å². The molecule has 1 heterocycles. The van der Waals surface area contributed by atoms with Gasteiger partial charge in [-0.15, -0.1) is 0 Å². The van der Waals surface area contributed by atoms with Crippen molar-refractivity contribution in [3.05, 3.63) is 46.5 Å². The molecule has 0 saturated heterocycles. The molecule has 0 spiro atoms. The zero-order chi connectivity index (χ0) is 12.1. The predicted octanol–water partition coefficient (Wildman–Crippen LogP) is 2.46. The van der Waals surface area contributed by atoms with Crippen LogP contribution in [0.4, 0.5) is 0 Å². The molecule has 4 nitrogen and oxygen atoms in total. The van der Waals surface area contributed by atoms with Gasteiger partial charge in [-0.2, -0.15) is 5.10 Å². The second kappa shape index (κ2) is 5.93. The number of H-pyrrole nitrogens is 1. The summed E-state index contributed by atoms with van der Waals surface area (Å²) in [6.07, 6.45) is 2.39. The Hall–Kier alpha value is -1.20. The number of rotatable bonds is 5. The largest absolute Gasteiger partial charge is 0.310 e. The van der Waals surface area contributed by atoms with Crippen LogP contribution in [0, 0.1) is 0 Å². The van der Waals surface area contributed by atoms with Gasteiger partial charge >= 0.3 is 0 Å². The first-order chi connectivity index (χ1) is 8.25. The molecule has 0 aliphatic carbocycles. The lowest BCUT2D eigenvalue weighted by atomic mass is 10.1. The van der Waals surface area contributed by atoms with Crippen molar-refractivity contribution < 1.29 is 0 Å². The molecule has 0 amide bonds. The summed E-state index contributed by atoms with van der Waals surface area (Å²) in [6, 6.07) is 8.66. The molecule has 0 bridgehead atoms. The summed E-state index contributed by atoms with van der Waals surface area (Å²) in [7, 11) is 0. The normalized spacial score (nSPS) is 12.6. The summed E-state index contributed by atoms with van der Waals surface area (Å²) >= 11 is 3.48. The third kappa shape index (κ3) is 3.64. The Morgan fingerprint density at radius 2 is 2.35 bits per heavy atom. The molecule has 17 heavy (non-hydrogen) atoms. The number of nitrogens with zero attached hydrogens (tertiary/aromatic N) is 2. The highest BCUT2D eigenvalue weighted by atomic mass is 79.9. The highest BCUT2D eigenvalue weighted by molar-refractivity contribution is 9.10. The van der Waals surface area contributed by atoms with Gasteiger partial charge in [0.05, 0.1) is 0 Å². The molecule has 2 aromatic rings. The number of aromatic nitrogens is 3. The topological polar surface area (TPSA) is 53.6 Å². The van der Waals surface area contributed by atoms with E-state index < -0.39 is 0 Å². The molecule has 0 aliphatic rings. The SMILES string of the molecule is CC(NCCc1ncn[nH]1)c1cccc(Br)c1. The maximum atomic E-state index is 4.09. The van der Waals surface area contributed by atoms with Crippen molar-refractivity contribution in [2.75, 3.05) is 6.54 Å². The second-order valence-electron chi connectivity index (χ2n) is 3.91. The number of hydrogen-bond donors (Lipinski definition) is 2. The summed E-state index contributed by atoms with van der Waals surface area (Å²) in [5.41, 5.74) is 1.27. The molecular formula is C12H15BrN4. The maximum absolute atomic E-state index is 4.09. The van der Waals surface area contributed by atoms with Crippen LogP contribution >= 0.6 is 15.9 Å². The molecule has 0 saturated carbocycles. The van der Waals surface area contributed by atoms with Crippen LogP contribution in [0.2, 0.25) is 0 Å². The number of hydrogen-bond acceptors (Lipinski definition) is 3. The van der Waals surface area contributed by atoms with Crippen LogP contribution in [-0.4, -0.2) is 21.7 Å². The van der Waals surface area contributed by atoms with E-state index in [0.29, 0.717) is 6.04 Å². The standard InChI is InChI=1S/C12H15BrN4/c1-9(10-3-2-4-11(13)7-10)14-6-5-12-15-8-16-17-12/h2-4,7-9,14H,5-6H2,1H3,(H,15,16,17). The number of benzene rings is 1. The van der Waals surface area contributed by atoms with Gasteiger partial charge < -0.3 is 5.32 Å². The van der Waals surface area contributed by atoms with Gasteiger partial charge in [-0.1, -0.05) is 28.1 Å². The molecule has 2 rings (SSSR count). The van der Waals surface area contributed by atoms with Crippen molar-refractivity contribution in [3.63, 3.8) is 0 Å². The summed E-state index contributed by atoms with van der Waals surface area (Å²) < 4.78 is 1.11. The lowest BCUT2D eigenvalue weighted by Gasteiger charge is -2.13. The Morgan fingerprint density at radius 3 is 3.06 bits per heavy atom. The van der Waals surface area contributed by atoms with Gasteiger partial charge in [0.25, 0.3) is 0 Å². The van der Waals surface area contributed by atoms with Gasteiger partial charge in [0.1, 0.15) is 12.2 Å². The van der Waals surface area contributed by atoms with E-state index in [1.165, 1.54) is 11.9 Å². The Bertz CT molecular complexity index is 455. The average Bonchev–Trinajstić information content (AvgIpc) is 2.82. The zero-order valence-electron chi connectivity index (χ0n) is 9.65. The van der Waals surface area contributed by atoms with Crippen LogP contribution in [-0.2, 0) is 6.42 Å². The van der Waals surface area contributed by atoms with Gasteiger partial charge in [-0.05, 0) is 24.6 Å². The Kier molecular flexibility index (Phi) is 4.28. The first kappa shape index (κ1) is 12.3. The van der Waals surface area contributed by atoms with E-state index in [0.717, 1.165) is 23.3 Å². The quantitative estimate of drug-likeness (QED) is 0.891. The first-order valence-corrected chi connectivity index (χ1v) is 6.38. The van der Waals surface area contributed by atoms with Crippen LogP contribution in [0.15, 0.2) is 35.1 Å². The molecule has 2 N–H and O–H groups in total. The summed E-state index contributed by atoms with van der Waals surface area (Å²) in [5, 5.41) is 10.1. The molecule has 1 unspecified atom stereocenters. The van der Waals surface area contributed by atoms with Crippen molar-refractivity contribution in [2.24, 2.45) is 0 Å². The molecule has 0 aliphatic heterocycles. The number of aromatic amines is 1. The van der Waals surface area contributed by atoms with Crippen molar-refractivity contribution in [3.8, 4) is 0 Å². The number of nitrogens with one attached hydrogen (secondary N) is 2. The predicted molar refractivity (Wildman–Crippen MR) is 70.6 cm³/mol. The van der Waals surface area contributed by atoms with E-state index in [1.807, 2.05) is 12.1 Å². The molecule has 0 fully saturated rings. The minimum Gasteiger partial charge on any atom is -0.310 e. The smallest absolute Gasteiger partial charge is 0.137 e. The summed E-state index contributed by atoms with van der Waals surface area (Å²) in [4.78, 5) is 4.09. The molecule has 5 heteroatoms. The van der Waals surface area contributed by atoms with E-state index in [9.17, 15) is 0 Å². The summed E-state index contributed by atoms with van der Waals surface area (Å²) in [6.45, 7) is 3.03. The molecule has 1 atom stereocenters. The van der Waals surface area contributed by atoms with Crippen LogP contribution < -0.4 is 5.32 Å². The second-order valence-corrected chi connectivity index (χ2v) is 4.83. The fraction of sp³-hybridized carbons (Fsp3) is 0.333. The van der Waals surface area contributed by atoms with E-state index in [1.54, 1.807) is 0 Å². The van der Waals surface area contributed by atoms with Crippen molar-refractivity contribution in [2.45, 2.75) is 19.4 Å². The zero-order valence-corrected chi connectivity index (χ0v) is 11.2. The van der Waals surface area contributed by atoms with Gasteiger partial charge in [-0.25, -0.2) is 4.98 Å². The maximum Gasteiger partial charge on any atom is 0.137 e. The van der Waals surface area contributed by atoms with Crippen LogP contribution in [0.5, 0.6) is 0 Å². The highest BCUT2D eigenvalue weighted by Gasteiger charge is 2.05. The van der Waals surface area contributed by atoms with E-state index in [4.69, 9.17) is 0 Å². The van der Waals surface area contributed by atoms with Crippen molar-refractivity contribution >= 4 is 15.9 Å². The fourth-order valence-corrected chi connectivity index (χ4v) is 2.07. The lowest BCUT2D eigenvalue weighted by molar-refractivity contribution is 0.570. The summed E-state index contributed by atoms with van der Waals surface area (Å²) in [5.74, 6) is 0.916. The molecule has 1 aromatic heterocycles. The van der Waals surface area contributed by atoms with E-state index >= 15 is 0 Å². The van der Waals surface area contributed by atoms with E-state index in [2.05, 4.69) is 55.5 Å². The van der Waals surface area contributed by atoms with Crippen molar-refractivity contribution in [1.29, 1.82) is 0 Å². The van der Waals surface area contributed by atoms with Gasteiger partial charge in [0.2, 0.25) is 0 Å². The average molecular weight is 295 g/mol. The fourth-order valence-electron chi connectivity index (χ4n) is 1.65. The third-order valence-electron chi connectivity index (χ3n) is 2.63. The van der Waals surface area contributed by atoms with Crippen LogP contribution in [0.25, 0.3) is 0 Å². The van der Waals surface area contributed by atoms with Crippen LogP contribution in [0.1, 0.15) is 24.4 Å². The van der Waals surface area contributed by atoms with Gasteiger partial charge in [0, 0.05) is 23.5 Å². The Morgan fingerprint density at radius 1 is 1.47 bits per heavy atom. The number of halogens is 1.